The van der Waals surface area contributed by atoms with E-state index in [1.54, 1.807) is 50.6 Å². The molecule has 2 atom stereocenters. The third kappa shape index (κ3) is 4.57. The number of nitrogens with zero attached hydrogens (tertiary/aromatic N) is 2. The van der Waals surface area contributed by atoms with E-state index in [1.807, 2.05) is 18.2 Å². The maximum atomic E-state index is 13.8. The maximum absolute atomic E-state index is 13.8. The quantitative estimate of drug-likeness (QED) is 0.606. The molecule has 0 bridgehead atoms. The molecule has 2 fully saturated rings. The molecule has 0 spiro atoms. The van der Waals surface area contributed by atoms with Crippen molar-refractivity contribution < 1.29 is 24.2 Å². The van der Waals surface area contributed by atoms with Gasteiger partial charge in [0.25, 0.3) is 0 Å². The summed E-state index contributed by atoms with van der Waals surface area (Å²) in [5.41, 5.74) is 0.0960. The summed E-state index contributed by atoms with van der Waals surface area (Å²) in [6.07, 6.45) is 2.61. The van der Waals surface area contributed by atoms with E-state index < -0.39 is 11.5 Å². The standard InChI is InChI=1S/C27H32N2O5/c1-28(18-23(30)19-8-4-3-5-9-19)24(31)16-27(20-12-14-22(34-2)15-13-20)17-25(32)29(26(27)33)21-10-6-7-11-21/h3-5,8-9,12-15,21,23,30H,6-7,10-11,16-18H2,1-2H3/t23-,27-/m0/s1. The Morgan fingerprint density at radius 1 is 1.12 bits per heavy atom. The Bertz CT molecular complexity index is 1030. The molecule has 180 valence electrons. The fraction of sp³-hybridized carbons (Fsp3) is 0.444. The number of amides is 3. The van der Waals surface area contributed by atoms with Crippen molar-refractivity contribution in [1.82, 2.24) is 9.80 Å². The Labute approximate surface area is 200 Å². The number of imide groups is 1. The van der Waals surface area contributed by atoms with Crippen molar-refractivity contribution in [2.45, 2.75) is 56.1 Å². The average Bonchev–Trinajstić information content (AvgIpc) is 3.46. The van der Waals surface area contributed by atoms with Gasteiger partial charge in [-0.25, -0.2) is 0 Å². The highest BCUT2D eigenvalue weighted by atomic mass is 16.5. The number of methoxy groups -OCH3 is 1. The Morgan fingerprint density at radius 3 is 2.38 bits per heavy atom. The van der Waals surface area contributed by atoms with Gasteiger partial charge in [0.1, 0.15) is 5.75 Å². The number of ether oxygens (including phenoxy) is 1. The third-order valence-electron chi connectivity index (χ3n) is 7.19. The topological polar surface area (TPSA) is 87.2 Å². The Morgan fingerprint density at radius 2 is 1.76 bits per heavy atom. The Balaban J connectivity index is 1.60. The van der Waals surface area contributed by atoms with Gasteiger partial charge in [0.15, 0.2) is 0 Å². The molecule has 4 rings (SSSR count). The molecule has 3 amide bonds. The molecule has 2 aliphatic rings. The van der Waals surface area contributed by atoms with Crippen LogP contribution in [-0.4, -0.2) is 59.4 Å². The lowest BCUT2D eigenvalue weighted by atomic mass is 9.75. The number of hydrogen-bond acceptors (Lipinski definition) is 5. The fourth-order valence-corrected chi connectivity index (χ4v) is 5.21. The van der Waals surface area contributed by atoms with Gasteiger partial charge in [-0.1, -0.05) is 55.3 Å². The number of aliphatic hydroxyl groups excluding tert-OH is 1. The summed E-state index contributed by atoms with van der Waals surface area (Å²) >= 11 is 0. The number of carbonyl (C=O) groups excluding carboxylic acids is 3. The second-order valence-electron chi connectivity index (χ2n) is 9.37. The summed E-state index contributed by atoms with van der Waals surface area (Å²) in [5.74, 6) is -0.162. The van der Waals surface area contributed by atoms with Crippen molar-refractivity contribution in [3.05, 3.63) is 65.7 Å². The smallest absolute Gasteiger partial charge is 0.241 e. The van der Waals surface area contributed by atoms with E-state index in [0.717, 1.165) is 25.7 Å². The van der Waals surface area contributed by atoms with Crippen molar-refractivity contribution >= 4 is 17.7 Å². The summed E-state index contributed by atoms with van der Waals surface area (Å²) in [4.78, 5) is 43.2. The van der Waals surface area contributed by atoms with Crippen molar-refractivity contribution in [3.8, 4) is 5.75 Å². The second-order valence-corrected chi connectivity index (χ2v) is 9.37. The first-order valence-corrected chi connectivity index (χ1v) is 11.8. The highest BCUT2D eigenvalue weighted by Crippen LogP contribution is 2.43. The maximum Gasteiger partial charge on any atom is 0.241 e. The number of carbonyl (C=O) groups is 3. The van der Waals surface area contributed by atoms with E-state index in [2.05, 4.69) is 0 Å². The van der Waals surface area contributed by atoms with Gasteiger partial charge in [-0.05, 0) is 36.1 Å². The molecule has 7 heteroatoms. The van der Waals surface area contributed by atoms with E-state index in [0.29, 0.717) is 16.9 Å². The molecule has 1 aliphatic heterocycles. The van der Waals surface area contributed by atoms with Crippen LogP contribution >= 0.6 is 0 Å². The summed E-state index contributed by atoms with van der Waals surface area (Å²) in [6.45, 7) is 0.0933. The van der Waals surface area contributed by atoms with E-state index >= 15 is 0 Å². The molecule has 0 radical (unpaired) electrons. The van der Waals surface area contributed by atoms with E-state index in [-0.39, 0.29) is 43.1 Å². The molecule has 2 aromatic rings. The minimum Gasteiger partial charge on any atom is -0.497 e. The monoisotopic (exact) mass is 464 g/mol. The number of benzene rings is 2. The molecular weight excluding hydrogens is 432 g/mol. The normalized spacial score (nSPS) is 21.7. The number of likely N-dealkylation sites (N-methyl/N-ethyl adjacent to an activating group) is 1. The third-order valence-corrected chi connectivity index (χ3v) is 7.19. The fourth-order valence-electron chi connectivity index (χ4n) is 5.21. The Hall–Kier alpha value is -3.19. The summed E-state index contributed by atoms with van der Waals surface area (Å²) in [7, 11) is 3.18. The van der Waals surface area contributed by atoms with Crippen LogP contribution in [0.1, 0.15) is 55.8 Å². The highest BCUT2D eigenvalue weighted by Gasteiger charge is 2.55. The molecule has 1 aliphatic carbocycles. The van der Waals surface area contributed by atoms with Gasteiger partial charge in [-0.2, -0.15) is 0 Å². The zero-order valence-electron chi connectivity index (χ0n) is 19.8. The molecule has 2 aromatic carbocycles. The minimum absolute atomic E-state index is 0.0323. The molecular formula is C27H32N2O5. The Kier molecular flexibility index (Phi) is 7.03. The summed E-state index contributed by atoms with van der Waals surface area (Å²) < 4.78 is 5.25. The molecule has 1 saturated carbocycles. The van der Waals surface area contributed by atoms with E-state index in [4.69, 9.17) is 4.74 Å². The highest BCUT2D eigenvalue weighted by molar-refractivity contribution is 6.11. The van der Waals surface area contributed by atoms with Gasteiger partial charge in [0.2, 0.25) is 17.7 Å². The average molecular weight is 465 g/mol. The van der Waals surface area contributed by atoms with Crippen LogP contribution < -0.4 is 4.74 Å². The van der Waals surface area contributed by atoms with Gasteiger partial charge in [-0.15, -0.1) is 0 Å². The SMILES string of the molecule is COc1ccc([C@]2(CC(=O)N(C)C[C@H](O)c3ccccc3)CC(=O)N(C3CCCC3)C2=O)cc1. The molecule has 34 heavy (non-hydrogen) atoms. The van der Waals surface area contributed by atoms with Crippen molar-refractivity contribution in [3.63, 3.8) is 0 Å². The van der Waals surface area contributed by atoms with Crippen LogP contribution in [0.25, 0.3) is 0 Å². The van der Waals surface area contributed by atoms with Gasteiger partial charge in [0.05, 0.1) is 25.2 Å². The minimum atomic E-state index is -1.25. The number of hydrogen-bond donors (Lipinski definition) is 1. The van der Waals surface area contributed by atoms with Crippen LogP contribution in [0, 0.1) is 0 Å². The lowest BCUT2D eigenvalue weighted by Crippen LogP contribution is -2.45. The van der Waals surface area contributed by atoms with Crippen molar-refractivity contribution in [2.75, 3.05) is 20.7 Å². The first-order valence-electron chi connectivity index (χ1n) is 11.8. The molecule has 0 unspecified atom stereocenters. The molecule has 1 N–H and O–H groups in total. The first kappa shape index (κ1) is 24.0. The van der Waals surface area contributed by atoms with Crippen LogP contribution in [0.2, 0.25) is 0 Å². The molecule has 0 aromatic heterocycles. The van der Waals surface area contributed by atoms with Crippen LogP contribution in [0.5, 0.6) is 5.75 Å². The van der Waals surface area contributed by atoms with Crippen molar-refractivity contribution in [1.29, 1.82) is 0 Å². The van der Waals surface area contributed by atoms with Crippen LogP contribution in [0.3, 0.4) is 0 Å². The molecule has 1 heterocycles. The van der Waals surface area contributed by atoms with Gasteiger partial charge in [0, 0.05) is 25.9 Å². The summed E-state index contributed by atoms with van der Waals surface area (Å²) in [6, 6.07) is 16.1. The molecule has 7 nitrogen and oxygen atoms in total. The zero-order chi connectivity index (χ0) is 24.3. The van der Waals surface area contributed by atoms with E-state index in [1.165, 1.54) is 9.80 Å². The predicted molar refractivity (Wildman–Crippen MR) is 127 cm³/mol. The van der Waals surface area contributed by atoms with Gasteiger partial charge >= 0.3 is 0 Å². The van der Waals surface area contributed by atoms with Gasteiger partial charge in [-0.3, -0.25) is 19.3 Å². The lowest BCUT2D eigenvalue weighted by molar-refractivity contribution is -0.144. The molecule has 1 saturated heterocycles. The largest absolute Gasteiger partial charge is 0.497 e. The first-order chi connectivity index (χ1) is 16.4. The van der Waals surface area contributed by atoms with Crippen LogP contribution in [-0.2, 0) is 19.8 Å². The second kappa shape index (κ2) is 9.97. The number of aliphatic hydroxyl groups is 1. The van der Waals surface area contributed by atoms with Crippen LogP contribution in [0.4, 0.5) is 0 Å². The zero-order valence-corrected chi connectivity index (χ0v) is 19.8. The number of rotatable bonds is 8. The summed E-state index contributed by atoms with van der Waals surface area (Å²) in [5, 5.41) is 10.6. The number of likely N-dealkylation sites (tertiary alicyclic amines) is 1. The van der Waals surface area contributed by atoms with Crippen molar-refractivity contribution in [2.24, 2.45) is 0 Å². The lowest BCUT2D eigenvalue weighted by Gasteiger charge is -2.31. The van der Waals surface area contributed by atoms with Crippen LogP contribution in [0.15, 0.2) is 54.6 Å². The predicted octanol–water partition coefficient (Wildman–Crippen LogP) is 3.22. The van der Waals surface area contributed by atoms with E-state index in [9.17, 15) is 19.5 Å². The van der Waals surface area contributed by atoms with Gasteiger partial charge < -0.3 is 14.7 Å².